The van der Waals surface area contributed by atoms with Gasteiger partial charge in [0.1, 0.15) is 36.9 Å². The molecule has 51 heavy (non-hydrogen) atoms. The van der Waals surface area contributed by atoms with Crippen molar-refractivity contribution in [1.82, 2.24) is 0 Å². The Labute approximate surface area is 313 Å². The lowest BCUT2D eigenvalue weighted by Gasteiger charge is -2.26. The van der Waals surface area contributed by atoms with Crippen molar-refractivity contribution in [2.75, 3.05) is 39.6 Å². The zero-order valence-corrected chi connectivity index (χ0v) is 33.2. The normalized spacial score (nSPS) is 13.0. The van der Waals surface area contributed by atoms with Gasteiger partial charge in [0.2, 0.25) is 0 Å². The van der Waals surface area contributed by atoms with E-state index in [-0.39, 0.29) is 18.6 Å². The summed E-state index contributed by atoms with van der Waals surface area (Å²) in [4.78, 5) is 0. The van der Waals surface area contributed by atoms with Gasteiger partial charge in [-0.3, -0.25) is 0 Å². The number of hydrogen-bond donors (Lipinski definition) is 2. The monoisotopic (exact) mass is 713 g/mol. The molecule has 2 atom stereocenters. The second kappa shape index (κ2) is 29.3. The van der Waals surface area contributed by atoms with Crippen molar-refractivity contribution < 1.29 is 29.2 Å². The van der Waals surface area contributed by atoms with Crippen molar-refractivity contribution in [1.29, 1.82) is 0 Å². The summed E-state index contributed by atoms with van der Waals surface area (Å²) in [5, 5.41) is 20.7. The maximum atomic E-state index is 10.3. The molecule has 6 heteroatoms. The molecule has 2 aromatic rings. The molecule has 0 aliphatic rings. The van der Waals surface area contributed by atoms with E-state index in [0.717, 1.165) is 24.3 Å². The molecule has 0 aliphatic heterocycles. The first-order valence-electron chi connectivity index (χ1n) is 20.8. The summed E-state index contributed by atoms with van der Waals surface area (Å²) in [7, 11) is 0. The van der Waals surface area contributed by atoms with E-state index in [2.05, 4.69) is 52.0 Å². The van der Waals surface area contributed by atoms with Gasteiger partial charge < -0.3 is 29.2 Å². The highest BCUT2D eigenvalue weighted by Crippen LogP contribution is 2.33. The maximum Gasteiger partial charge on any atom is 0.119 e. The van der Waals surface area contributed by atoms with Crippen LogP contribution in [0, 0.1) is 0 Å². The van der Waals surface area contributed by atoms with Crippen LogP contribution in [0.3, 0.4) is 0 Å². The van der Waals surface area contributed by atoms with Crippen LogP contribution >= 0.6 is 0 Å². The van der Waals surface area contributed by atoms with Crippen molar-refractivity contribution >= 4 is 0 Å². The Morgan fingerprint density at radius 3 is 1.04 bits per heavy atom. The van der Waals surface area contributed by atoms with E-state index in [1.807, 2.05) is 24.3 Å². The van der Waals surface area contributed by atoms with Gasteiger partial charge in [0, 0.05) is 18.6 Å². The third-order valence-electron chi connectivity index (χ3n) is 9.94. The SMILES string of the molecule is CCCCCCCCCCCCOCC(O)COc1ccc(C(C)(C)c2ccc(OCC(O)COCCCCCCCCCCCC)cc2)cc1. The number of ether oxygens (including phenoxy) is 4. The summed E-state index contributed by atoms with van der Waals surface area (Å²) in [6, 6.07) is 16.2. The summed E-state index contributed by atoms with van der Waals surface area (Å²) in [5.74, 6) is 1.47. The highest BCUT2D eigenvalue weighted by Gasteiger charge is 2.23. The van der Waals surface area contributed by atoms with E-state index >= 15 is 0 Å². The van der Waals surface area contributed by atoms with Gasteiger partial charge in [-0.15, -0.1) is 0 Å². The van der Waals surface area contributed by atoms with Gasteiger partial charge in [-0.2, -0.15) is 0 Å². The molecule has 2 unspecified atom stereocenters. The van der Waals surface area contributed by atoms with Crippen LogP contribution in [0.2, 0.25) is 0 Å². The summed E-state index contributed by atoms with van der Waals surface area (Å²) in [6.45, 7) is 11.3. The lowest BCUT2D eigenvalue weighted by atomic mass is 9.78. The quantitative estimate of drug-likeness (QED) is 0.0704. The number of aliphatic hydroxyl groups is 2. The Kier molecular flexibility index (Phi) is 25.9. The minimum atomic E-state index is -0.645. The first-order valence-corrected chi connectivity index (χ1v) is 20.8. The fourth-order valence-electron chi connectivity index (χ4n) is 6.41. The molecule has 2 rings (SSSR count). The van der Waals surface area contributed by atoms with Gasteiger partial charge in [-0.05, 0) is 48.2 Å². The topological polar surface area (TPSA) is 77.4 Å². The summed E-state index contributed by atoms with van der Waals surface area (Å²) in [6.07, 6.45) is 24.7. The van der Waals surface area contributed by atoms with E-state index in [9.17, 15) is 10.2 Å². The Morgan fingerprint density at radius 1 is 0.431 bits per heavy atom. The van der Waals surface area contributed by atoms with Gasteiger partial charge in [0.05, 0.1) is 13.2 Å². The fourth-order valence-corrected chi connectivity index (χ4v) is 6.41. The van der Waals surface area contributed by atoms with Gasteiger partial charge in [-0.1, -0.05) is 168 Å². The van der Waals surface area contributed by atoms with Crippen LogP contribution in [-0.2, 0) is 14.9 Å². The Morgan fingerprint density at radius 2 is 0.725 bits per heavy atom. The highest BCUT2D eigenvalue weighted by atomic mass is 16.5. The molecule has 0 spiro atoms. The standard InChI is InChI=1S/C45H76O6/c1-5-7-9-11-13-15-17-19-21-23-33-48-35-41(46)37-50-43-29-25-39(26-30-43)45(3,4)40-27-31-44(32-28-40)51-38-42(47)36-49-34-24-22-20-18-16-14-12-10-8-6-2/h25-32,41-42,46-47H,5-24,33-38H2,1-4H3. The van der Waals surface area contributed by atoms with Gasteiger partial charge >= 0.3 is 0 Å². The number of rotatable bonds is 34. The molecule has 0 saturated heterocycles. The number of hydrogen-bond acceptors (Lipinski definition) is 6. The van der Waals surface area contributed by atoms with E-state index in [0.29, 0.717) is 26.4 Å². The van der Waals surface area contributed by atoms with Crippen LogP contribution in [0.5, 0.6) is 11.5 Å². The van der Waals surface area contributed by atoms with E-state index in [4.69, 9.17) is 18.9 Å². The minimum absolute atomic E-state index is 0.211. The lowest BCUT2D eigenvalue weighted by Crippen LogP contribution is -2.24. The van der Waals surface area contributed by atoms with Gasteiger partial charge in [0.25, 0.3) is 0 Å². The number of aliphatic hydroxyl groups excluding tert-OH is 2. The van der Waals surface area contributed by atoms with Crippen molar-refractivity contribution in [3.8, 4) is 11.5 Å². The molecule has 0 aliphatic carbocycles. The molecule has 6 nitrogen and oxygen atoms in total. The van der Waals surface area contributed by atoms with E-state index in [1.54, 1.807) is 0 Å². The molecule has 292 valence electrons. The second-order valence-electron chi connectivity index (χ2n) is 15.1. The molecular formula is C45H76O6. The Balaban J connectivity index is 1.56. The minimum Gasteiger partial charge on any atom is -0.491 e. The second-order valence-corrected chi connectivity index (χ2v) is 15.1. The lowest BCUT2D eigenvalue weighted by molar-refractivity contribution is 0.0109. The first kappa shape index (κ1) is 45.0. The van der Waals surface area contributed by atoms with Crippen molar-refractivity contribution in [3.05, 3.63) is 59.7 Å². The van der Waals surface area contributed by atoms with Crippen LogP contribution in [0.4, 0.5) is 0 Å². The predicted octanol–water partition coefficient (Wildman–Crippen LogP) is 11.4. The largest absolute Gasteiger partial charge is 0.491 e. The maximum absolute atomic E-state index is 10.3. The molecule has 0 saturated carbocycles. The molecule has 2 N–H and O–H groups in total. The summed E-state index contributed by atoms with van der Waals surface area (Å²) in [5.41, 5.74) is 2.11. The van der Waals surface area contributed by atoms with Crippen molar-refractivity contribution in [2.24, 2.45) is 0 Å². The molecule has 0 radical (unpaired) electrons. The molecule has 0 amide bonds. The molecule has 0 fully saturated rings. The number of unbranched alkanes of at least 4 members (excludes halogenated alkanes) is 18. The van der Waals surface area contributed by atoms with Crippen LogP contribution in [0.25, 0.3) is 0 Å². The van der Waals surface area contributed by atoms with Gasteiger partial charge in [-0.25, -0.2) is 0 Å². The van der Waals surface area contributed by atoms with Crippen LogP contribution in [-0.4, -0.2) is 62.1 Å². The molecular weight excluding hydrogens is 636 g/mol. The molecule has 0 bridgehead atoms. The first-order chi connectivity index (χ1) is 24.9. The summed E-state index contributed by atoms with van der Waals surface area (Å²) >= 11 is 0. The van der Waals surface area contributed by atoms with Crippen LogP contribution in [0.1, 0.15) is 167 Å². The van der Waals surface area contributed by atoms with Crippen LogP contribution in [0.15, 0.2) is 48.5 Å². The van der Waals surface area contributed by atoms with E-state index < -0.39 is 12.2 Å². The molecule has 0 heterocycles. The molecule has 2 aromatic carbocycles. The zero-order valence-electron chi connectivity index (χ0n) is 33.2. The third kappa shape index (κ3) is 21.9. The predicted molar refractivity (Wildman–Crippen MR) is 213 cm³/mol. The third-order valence-corrected chi connectivity index (χ3v) is 9.94. The number of benzene rings is 2. The average Bonchev–Trinajstić information content (AvgIpc) is 3.14. The van der Waals surface area contributed by atoms with Crippen molar-refractivity contribution in [2.45, 2.75) is 174 Å². The summed E-state index contributed by atoms with van der Waals surface area (Å²) < 4.78 is 23.1. The Hall–Kier alpha value is -2.12. The van der Waals surface area contributed by atoms with Gasteiger partial charge in [0.15, 0.2) is 0 Å². The van der Waals surface area contributed by atoms with Crippen LogP contribution < -0.4 is 9.47 Å². The fraction of sp³-hybridized carbons (Fsp3) is 0.733. The smallest absolute Gasteiger partial charge is 0.119 e. The average molecular weight is 713 g/mol. The van der Waals surface area contributed by atoms with Crippen molar-refractivity contribution in [3.63, 3.8) is 0 Å². The van der Waals surface area contributed by atoms with E-state index in [1.165, 1.54) is 127 Å². The Bertz CT molecular complexity index is 970. The zero-order chi connectivity index (χ0) is 36.8. The highest BCUT2D eigenvalue weighted by molar-refractivity contribution is 5.41. The molecule has 0 aromatic heterocycles.